The maximum atomic E-state index is 13.8. The highest BCUT2D eigenvalue weighted by Gasteiger charge is 2.29. The maximum Gasteiger partial charge on any atom is 0.264 e. The molecule has 0 unspecified atom stereocenters. The Kier molecular flexibility index (Phi) is 3.98. The van der Waals surface area contributed by atoms with Crippen molar-refractivity contribution >= 4 is 23.3 Å². The lowest BCUT2D eigenvalue weighted by Gasteiger charge is -2.13. The van der Waals surface area contributed by atoms with Gasteiger partial charge in [0, 0.05) is 29.4 Å². The topological polar surface area (TPSA) is 68.5 Å². The molecule has 1 aliphatic carbocycles. The third-order valence-electron chi connectivity index (χ3n) is 4.75. The average Bonchev–Trinajstić information content (AvgIpc) is 3.35. The number of pyridine rings is 1. The number of rotatable bonds is 4. The molecule has 0 amide bonds. The van der Waals surface area contributed by atoms with Crippen LogP contribution in [0.2, 0.25) is 0 Å². The lowest BCUT2D eigenvalue weighted by molar-refractivity contribution is 0.153. The third kappa shape index (κ3) is 2.57. The number of fused-ring (bicyclic) bond motifs is 1. The minimum absolute atomic E-state index is 0.0922. The van der Waals surface area contributed by atoms with Crippen LogP contribution >= 0.6 is 12.2 Å². The number of H-pyrrole nitrogens is 1. The zero-order valence-electron chi connectivity index (χ0n) is 14.3. The largest absolute Gasteiger partial charge is 0.299 e. The number of aryl methyl sites for hydroxylation is 1. The van der Waals surface area contributed by atoms with Crippen molar-refractivity contribution in [3.63, 3.8) is 0 Å². The molecule has 0 aliphatic heterocycles. The Morgan fingerprint density at radius 1 is 1.42 bits per heavy atom. The first-order valence-electron chi connectivity index (χ1n) is 8.42. The van der Waals surface area contributed by atoms with Crippen molar-refractivity contribution in [1.82, 2.24) is 24.3 Å². The lowest BCUT2D eigenvalue weighted by Crippen LogP contribution is -2.17. The van der Waals surface area contributed by atoms with Gasteiger partial charge >= 0.3 is 0 Å². The minimum atomic E-state index is -2.80. The summed E-state index contributed by atoms with van der Waals surface area (Å²) in [7, 11) is 0. The van der Waals surface area contributed by atoms with Crippen molar-refractivity contribution in [3.05, 3.63) is 38.6 Å². The second-order valence-electron chi connectivity index (χ2n) is 6.42. The number of hydrogen-bond donors (Lipinski definition) is 1. The van der Waals surface area contributed by atoms with E-state index in [0.29, 0.717) is 17.8 Å². The first-order chi connectivity index (χ1) is 12.4. The smallest absolute Gasteiger partial charge is 0.264 e. The molecule has 3 heterocycles. The Hall–Kier alpha value is -2.42. The van der Waals surface area contributed by atoms with Crippen LogP contribution in [0.15, 0.2) is 17.1 Å². The highest BCUT2D eigenvalue weighted by molar-refractivity contribution is 7.71. The van der Waals surface area contributed by atoms with E-state index >= 15 is 0 Å². The zero-order valence-corrected chi connectivity index (χ0v) is 15.1. The summed E-state index contributed by atoms with van der Waals surface area (Å²) in [5.74, 6) is 0. The molecule has 136 valence electrons. The van der Waals surface area contributed by atoms with Crippen LogP contribution < -0.4 is 5.56 Å². The summed E-state index contributed by atoms with van der Waals surface area (Å²) in [5, 5.41) is 4.17. The van der Waals surface area contributed by atoms with Crippen LogP contribution in [0.5, 0.6) is 0 Å². The van der Waals surface area contributed by atoms with E-state index in [-0.39, 0.29) is 27.4 Å². The number of hydrogen-bond acceptors (Lipinski definition) is 4. The first kappa shape index (κ1) is 17.0. The molecule has 1 saturated carbocycles. The van der Waals surface area contributed by atoms with Crippen LogP contribution in [-0.2, 0) is 6.54 Å². The van der Waals surface area contributed by atoms with Gasteiger partial charge in [-0.05, 0) is 45.0 Å². The van der Waals surface area contributed by atoms with Gasteiger partial charge in [-0.15, -0.1) is 0 Å². The minimum Gasteiger partial charge on any atom is -0.299 e. The van der Waals surface area contributed by atoms with Gasteiger partial charge < -0.3 is 0 Å². The van der Waals surface area contributed by atoms with Crippen LogP contribution in [0.1, 0.15) is 43.5 Å². The van der Waals surface area contributed by atoms with E-state index in [4.69, 9.17) is 12.2 Å². The molecule has 1 N–H and O–H groups in total. The lowest BCUT2D eigenvalue weighted by atomic mass is 10.1. The molecular formula is C17H17F2N5OS. The average molecular weight is 377 g/mol. The number of halogens is 2. The molecule has 0 atom stereocenters. The Labute approximate surface area is 152 Å². The van der Waals surface area contributed by atoms with Crippen molar-refractivity contribution < 1.29 is 8.78 Å². The van der Waals surface area contributed by atoms with Gasteiger partial charge in [-0.25, -0.2) is 13.8 Å². The Morgan fingerprint density at radius 2 is 2.15 bits per heavy atom. The van der Waals surface area contributed by atoms with Gasteiger partial charge in [0.15, 0.2) is 4.77 Å². The molecule has 9 heteroatoms. The fourth-order valence-corrected chi connectivity index (χ4v) is 3.60. The molecule has 1 aliphatic rings. The van der Waals surface area contributed by atoms with E-state index in [1.165, 1.54) is 6.07 Å². The molecule has 3 aromatic rings. The number of nitrogens with one attached hydrogen (secondary N) is 1. The highest BCUT2D eigenvalue weighted by atomic mass is 32.1. The predicted molar refractivity (Wildman–Crippen MR) is 96.0 cm³/mol. The van der Waals surface area contributed by atoms with E-state index in [0.717, 1.165) is 18.5 Å². The molecule has 3 aromatic heterocycles. The quantitative estimate of drug-likeness (QED) is 0.700. The summed E-state index contributed by atoms with van der Waals surface area (Å²) in [6, 6.07) is 1.38. The summed E-state index contributed by atoms with van der Waals surface area (Å²) >= 11 is 5.26. The normalized spacial score (nSPS) is 14.5. The van der Waals surface area contributed by atoms with Gasteiger partial charge in [-0.3, -0.25) is 19.0 Å². The molecule has 0 saturated heterocycles. The molecule has 1 fully saturated rings. The molecule has 4 rings (SSSR count). The van der Waals surface area contributed by atoms with Gasteiger partial charge in [-0.2, -0.15) is 5.10 Å². The van der Waals surface area contributed by atoms with Crippen LogP contribution in [0, 0.1) is 11.7 Å². The summed E-state index contributed by atoms with van der Waals surface area (Å²) in [4.78, 5) is 19.4. The van der Waals surface area contributed by atoms with Crippen LogP contribution in [0.4, 0.5) is 8.78 Å². The molecule has 0 aromatic carbocycles. The summed E-state index contributed by atoms with van der Waals surface area (Å²) < 4.78 is 31.2. The number of aromatic amines is 1. The van der Waals surface area contributed by atoms with Crippen molar-refractivity contribution in [3.8, 4) is 11.3 Å². The van der Waals surface area contributed by atoms with Gasteiger partial charge in [0.1, 0.15) is 5.65 Å². The second-order valence-corrected chi connectivity index (χ2v) is 6.80. The third-order valence-corrected chi connectivity index (χ3v) is 5.05. The highest BCUT2D eigenvalue weighted by Crippen LogP contribution is 2.38. The fraction of sp³-hybridized carbons (Fsp3) is 0.412. The summed E-state index contributed by atoms with van der Waals surface area (Å²) in [5.41, 5.74) is 1.14. The predicted octanol–water partition coefficient (Wildman–Crippen LogP) is 3.92. The van der Waals surface area contributed by atoms with Gasteiger partial charge in [-0.1, -0.05) is 0 Å². The SMILES string of the molecule is CCn1ncc(-c2cc(C(F)F)c3c(=O)[nH]c(=S)n(C4CC4)c3n2)c1C. The molecule has 6 nitrogen and oxygen atoms in total. The Morgan fingerprint density at radius 3 is 2.73 bits per heavy atom. The molecule has 0 spiro atoms. The van der Waals surface area contributed by atoms with Crippen LogP contribution in [0.3, 0.4) is 0 Å². The number of aromatic nitrogens is 5. The molecule has 0 bridgehead atoms. The second kappa shape index (κ2) is 6.08. The van der Waals surface area contributed by atoms with Gasteiger partial charge in [0.2, 0.25) is 0 Å². The molecule has 0 radical (unpaired) electrons. The van der Waals surface area contributed by atoms with Crippen molar-refractivity contribution in [2.24, 2.45) is 0 Å². The summed E-state index contributed by atoms with van der Waals surface area (Å²) in [6.07, 6.45) is 0.590. The Balaban J connectivity index is 2.10. The number of nitrogens with zero attached hydrogens (tertiary/aromatic N) is 4. The van der Waals surface area contributed by atoms with Crippen molar-refractivity contribution in [2.45, 2.75) is 45.7 Å². The first-order valence-corrected chi connectivity index (χ1v) is 8.83. The monoisotopic (exact) mass is 377 g/mol. The van der Waals surface area contributed by atoms with E-state index < -0.39 is 12.0 Å². The fourth-order valence-electron chi connectivity index (χ4n) is 3.27. The van der Waals surface area contributed by atoms with E-state index in [2.05, 4.69) is 15.1 Å². The maximum absolute atomic E-state index is 13.8. The standard InChI is InChI=1S/C17H17F2N5OS/c1-3-23-8(2)11(7-20-23)12-6-10(14(18)19)13-15(21-12)24(9-4-5-9)17(26)22-16(13)25/h6-7,9,14H,3-5H2,1-2H3,(H,22,25,26). The molecular weight excluding hydrogens is 360 g/mol. The van der Waals surface area contributed by atoms with E-state index in [1.54, 1.807) is 15.4 Å². The van der Waals surface area contributed by atoms with Gasteiger partial charge in [0.05, 0.1) is 17.3 Å². The van der Waals surface area contributed by atoms with Crippen LogP contribution in [-0.4, -0.2) is 24.3 Å². The van der Waals surface area contributed by atoms with E-state index in [1.807, 2.05) is 13.8 Å². The van der Waals surface area contributed by atoms with Gasteiger partial charge in [0.25, 0.3) is 12.0 Å². The van der Waals surface area contributed by atoms with Crippen LogP contribution in [0.25, 0.3) is 22.3 Å². The van der Waals surface area contributed by atoms with Crippen molar-refractivity contribution in [1.29, 1.82) is 0 Å². The summed E-state index contributed by atoms with van der Waals surface area (Å²) in [6.45, 7) is 4.48. The zero-order chi connectivity index (χ0) is 18.6. The van der Waals surface area contributed by atoms with Crippen molar-refractivity contribution in [2.75, 3.05) is 0 Å². The van der Waals surface area contributed by atoms with E-state index in [9.17, 15) is 13.6 Å². The Bertz CT molecular complexity index is 1130. The number of alkyl halides is 2. The molecule has 26 heavy (non-hydrogen) atoms.